The van der Waals surface area contributed by atoms with E-state index in [0.717, 1.165) is 18.5 Å². The number of pyridine rings is 1. The first-order valence-corrected chi connectivity index (χ1v) is 6.37. The average molecular weight is 249 g/mol. The number of nitrogens with zero attached hydrogens (tertiary/aromatic N) is 1. The summed E-state index contributed by atoms with van der Waals surface area (Å²) in [6.45, 7) is 3.90. The second-order valence-electron chi connectivity index (χ2n) is 5.52. The molecule has 0 aliphatic heterocycles. The molecule has 4 nitrogen and oxygen atoms in total. The van der Waals surface area contributed by atoms with Crippen molar-refractivity contribution < 1.29 is 9.90 Å². The van der Waals surface area contributed by atoms with E-state index in [-0.39, 0.29) is 11.3 Å². The summed E-state index contributed by atoms with van der Waals surface area (Å²) in [6, 6.07) is 3.09. The average Bonchev–Trinajstić information content (AvgIpc) is 2.26. The van der Waals surface area contributed by atoms with Crippen molar-refractivity contribution in [2.45, 2.75) is 51.7 Å². The number of Topliss-reactive ketones (excluding diaryl/α,β-unsaturated/α-hetero) is 1. The lowest BCUT2D eigenvalue weighted by Gasteiger charge is -2.23. The predicted molar refractivity (Wildman–Crippen MR) is 68.9 cm³/mol. The summed E-state index contributed by atoms with van der Waals surface area (Å²) in [6.07, 6.45) is 2.63. The molecule has 0 fully saturated rings. The van der Waals surface area contributed by atoms with E-state index >= 15 is 0 Å². The van der Waals surface area contributed by atoms with Crippen LogP contribution in [-0.4, -0.2) is 21.1 Å². The number of rotatable bonds is 3. The third kappa shape index (κ3) is 2.70. The number of carbonyl (C=O) groups is 1. The Balaban J connectivity index is 2.37. The molecule has 1 N–H and O–H groups in total. The Morgan fingerprint density at radius 3 is 2.67 bits per heavy atom. The molecule has 2 rings (SSSR count). The molecule has 4 heteroatoms. The number of hydrogen-bond donors (Lipinski definition) is 1. The van der Waals surface area contributed by atoms with Crippen LogP contribution in [0.2, 0.25) is 0 Å². The van der Waals surface area contributed by atoms with Gasteiger partial charge in [0, 0.05) is 30.3 Å². The van der Waals surface area contributed by atoms with E-state index in [9.17, 15) is 14.7 Å². The fraction of sp³-hybridized carbons (Fsp3) is 0.571. The number of aliphatic hydroxyl groups is 1. The van der Waals surface area contributed by atoms with Gasteiger partial charge in [-0.2, -0.15) is 0 Å². The Labute approximate surface area is 106 Å². The van der Waals surface area contributed by atoms with Crippen LogP contribution in [0.1, 0.15) is 49.2 Å². The molecule has 1 aliphatic rings. The van der Waals surface area contributed by atoms with Crippen molar-refractivity contribution in [1.82, 2.24) is 4.57 Å². The standard InChI is InChI=1S/C14H19NO3/c1-14(2,18)8-9-15-11-4-3-5-12(16)10(11)6-7-13(15)17/h6-7,18H,3-5,8-9H2,1-2H3. The van der Waals surface area contributed by atoms with E-state index in [2.05, 4.69) is 0 Å². The number of hydrogen-bond acceptors (Lipinski definition) is 3. The maximum Gasteiger partial charge on any atom is 0.250 e. The summed E-state index contributed by atoms with van der Waals surface area (Å²) in [4.78, 5) is 23.7. The normalized spacial score (nSPS) is 15.6. The van der Waals surface area contributed by atoms with Gasteiger partial charge in [0.15, 0.2) is 5.78 Å². The molecule has 1 aliphatic carbocycles. The summed E-state index contributed by atoms with van der Waals surface area (Å²) in [5, 5.41) is 9.74. The van der Waals surface area contributed by atoms with Crippen LogP contribution in [-0.2, 0) is 13.0 Å². The molecule has 0 saturated heterocycles. The highest BCUT2D eigenvalue weighted by Crippen LogP contribution is 2.20. The molecule has 1 heterocycles. The van der Waals surface area contributed by atoms with Gasteiger partial charge < -0.3 is 9.67 Å². The van der Waals surface area contributed by atoms with Gasteiger partial charge >= 0.3 is 0 Å². The van der Waals surface area contributed by atoms with Gasteiger partial charge in [-0.1, -0.05) is 0 Å². The van der Waals surface area contributed by atoms with Gasteiger partial charge in [-0.05, 0) is 39.2 Å². The zero-order valence-electron chi connectivity index (χ0n) is 10.9. The minimum atomic E-state index is -0.805. The SMILES string of the molecule is CC(C)(O)CCn1c2c(ccc1=O)C(=O)CCC2. The topological polar surface area (TPSA) is 59.3 Å². The van der Waals surface area contributed by atoms with Crippen LogP contribution in [0, 0.1) is 0 Å². The number of aromatic nitrogens is 1. The summed E-state index contributed by atoms with van der Waals surface area (Å²) < 4.78 is 1.64. The van der Waals surface area contributed by atoms with E-state index in [0.29, 0.717) is 24.9 Å². The predicted octanol–water partition coefficient (Wildman–Crippen LogP) is 1.53. The summed E-state index contributed by atoms with van der Waals surface area (Å²) in [7, 11) is 0. The number of carbonyl (C=O) groups excluding carboxylic acids is 1. The molecule has 18 heavy (non-hydrogen) atoms. The van der Waals surface area contributed by atoms with Crippen LogP contribution >= 0.6 is 0 Å². The van der Waals surface area contributed by atoms with E-state index < -0.39 is 5.60 Å². The van der Waals surface area contributed by atoms with Crippen molar-refractivity contribution in [3.63, 3.8) is 0 Å². The molecule has 0 amide bonds. The first kappa shape index (κ1) is 13.0. The molecule has 0 saturated carbocycles. The molecular formula is C14H19NO3. The molecule has 0 bridgehead atoms. The van der Waals surface area contributed by atoms with E-state index in [1.807, 2.05) is 0 Å². The van der Waals surface area contributed by atoms with Crippen LogP contribution < -0.4 is 5.56 Å². The molecule has 0 unspecified atom stereocenters. The highest BCUT2D eigenvalue weighted by atomic mass is 16.3. The second-order valence-corrected chi connectivity index (χ2v) is 5.52. The number of ketones is 1. The summed E-state index contributed by atoms with van der Waals surface area (Å²) >= 11 is 0. The lowest BCUT2D eigenvalue weighted by molar-refractivity contribution is 0.0656. The second kappa shape index (κ2) is 4.69. The van der Waals surface area contributed by atoms with Crippen LogP contribution in [0.25, 0.3) is 0 Å². The van der Waals surface area contributed by atoms with Gasteiger partial charge in [-0.25, -0.2) is 0 Å². The highest BCUT2D eigenvalue weighted by molar-refractivity contribution is 5.97. The smallest absolute Gasteiger partial charge is 0.250 e. The largest absolute Gasteiger partial charge is 0.390 e. The van der Waals surface area contributed by atoms with Gasteiger partial charge in [0.25, 0.3) is 5.56 Å². The van der Waals surface area contributed by atoms with Crippen LogP contribution in [0.15, 0.2) is 16.9 Å². The van der Waals surface area contributed by atoms with Crippen molar-refractivity contribution in [3.8, 4) is 0 Å². The third-order valence-corrected chi connectivity index (χ3v) is 3.36. The quantitative estimate of drug-likeness (QED) is 0.883. The minimum absolute atomic E-state index is 0.0901. The van der Waals surface area contributed by atoms with Gasteiger partial charge in [-0.3, -0.25) is 9.59 Å². The van der Waals surface area contributed by atoms with Crippen molar-refractivity contribution >= 4 is 5.78 Å². The van der Waals surface area contributed by atoms with E-state index in [1.165, 1.54) is 6.07 Å². The Kier molecular flexibility index (Phi) is 3.39. The van der Waals surface area contributed by atoms with Crippen LogP contribution in [0.3, 0.4) is 0 Å². The van der Waals surface area contributed by atoms with Gasteiger partial charge in [0.05, 0.1) is 5.60 Å². The lowest BCUT2D eigenvalue weighted by Crippen LogP contribution is -2.31. The van der Waals surface area contributed by atoms with Crippen molar-refractivity contribution in [3.05, 3.63) is 33.7 Å². The Bertz CT molecular complexity index is 523. The summed E-state index contributed by atoms with van der Waals surface area (Å²) in [5.74, 6) is 0.119. The van der Waals surface area contributed by atoms with Crippen molar-refractivity contribution in [2.75, 3.05) is 0 Å². The fourth-order valence-electron chi connectivity index (χ4n) is 2.32. The summed E-state index contributed by atoms with van der Waals surface area (Å²) in [5.41, 5.74) is 0.619. The van der Waals surface area contributed by atoms with Gasteiger partial charge in [-0.15, -0.1) is 0 Å². The van der Waals surface area contributed by atoms with Crippen LogP contribution in [0.5, 0.6) is 0 Å². The third-order valence-electron chi connectivity index (χ3n) is 3.36. The molecule has 0 aromatic carbocycles. The zero-order chi connectivity index (χ0) is 13.3. The lowest BCUT2D eigenvalue weighted by atomic mass is 9.94. The Hall–Kier alpha value is -1.42. The van der Waals surface area contributed by atoms with E-state index in [4.69, 9.17) is 0 Å². The van der Waals surface area contributed by atoms with Crippen molar-refractivity contribution in [2.24, 2.45) is 0 Å². The molecular weight excluding hydrogens is 230 g/mol. The highest BCUT2D eigenvalue weighted by Gasteiger charge is 2.21. The molecule has 98 valence electrons. The van der Waals surface area contributed by atoms with Crippen LogP contribution in [0.4, 0.5) is 0 Å². The van der Waals surface area contributed by atoms with Crippen molar-refractivity contribution in [1.29, 1.82) is 0 Å². The molecule has 1 aromatic heterocycles. The first-order valence-electron chi connectivity index (χ1n) is 6.37. The van der Waals surface area contributed by atoms with E-state index in [1.54, 1.807) is 24.5 Å². The van der Waals surface area contributed by atoms with Gasteiger partial charge in [0.1, 0.15) is 0 Å². The molecule has 1 aromatic rings. The van der Waals surface area contributed by atoms with Gasteiger partial charge in [0.2, 0.25) is 0 Å². The fourth-order valence-corrected chi connectivity index (χ4v) is 2.32. The Morgan fingerprint density at radius 1 is 1.28 bits per heavy atom. The molecule has 0 radical (unpaired) electrons. The zero-order valence-corrected chi connectivity index (χ0v) is 10.9. The molecule has 0 atom stereocenters. The minimum Gasteiger partial charge on any atom is -0.390 e. The maximum atomic E-state index is 11.9. The molecule has 0 spiro atoms. The Morgan fingerprint density at radius 2 is 2.00 bits per heavy atom. The monoisotopic (exact) mass is 249 g/mol. The first-order chi connectivity index (χ1) is 8.38. The number of fused-ring (bicyclic) bond motifs is 1. The maximum absolute atomic E-state index is 11.9.